The van der Waals surface area contributed by atoms with Crippen LogP contribution in [0.25, 0.3) is 0 Å². The Labute approximate surface area is 160 Å². The Balaban J connectivity index is 1.46. The maximum Gasteiger partial charge on any atom is 0.254 e. The van der Waals surface area contributed by atoms with Gasteiger partial charge in [0, 0.05) is 70.5 Å². The Bertz CT molecular complexity index is 777. The van der Waals surface area contributed by atoms with E-state index in [2.05, 4.69) is 27.0 Å². The number of piperidine rings is 1. The maximum absolute atomic E-state index is 12.9. The lowest BCUT2D eigenvalue weighted by Gasteiger charge is -2.36. The van der Waals surface area contributed by atoms with Crippen LogP contribution < -0.4 is 4.90 Å². The first-order chi connectivity index (χ1) is 13.1. The molecule has 2 aromatic heterocycles. The largest absolute Gasteiger partial charge is 0.363 e. The molecule has 5 heterocycles. The molecule has 0 spiro atoms. The third-order valence-electron chi connectivity index (χ3n) is 5.69. The number of carbonyl (C=O) groups is 1. The highest BCUT2D eigenvalue weighted by Crippen LogP contribution is 2.30. The number of rotatable bonds is 4. The smallest absolute Gasteiger partial charge is 0.254 e. The van der Waals surface area contributed by atoms with Crippen LogP contribution in [0.3, 0.4) is 0 Å². The van der Waals surface area contributed by atoms with Gasteiger partial charge in [-0.25, -0.2) is 4.98 Å². The maximum atomic E-state index is 12.9. The van der Waals surface area contributed by atoms with E-state index in [9.17, 15) is 4.79 Å². The molecule has 6 heteroatoms. The summed E-state index contributed by atoms with van der Waals surface area (Å²) < 4.78 is 0. The third-order valence-corrected chi connectivity index (χ3v) is 5.69. The molecule has 0 aromatic carbocycles. The van der Waals surface area contributed by atoms with E-state index in [0.717, 1.165) is 44.0 Å². The SMILES string of the molecule is CN(C)c1ccc(CN2C[C@H]3CC[C@@H]2CN(C(=O)c2ccncc2)C3)cn1. The van der Waals surface area contributed by atoms with Crippen LogP contribution >= 0.6 is 0 Å². The van der Waals surface area contributed by atoms with Gasteiger partial charge >= 0.3 is 0 Å². The van der Waals surface area contributed by atoms with Gasteiger partial charge in [0.25, 0.3) is 5.91 Å². The predicted octanol–water partition coefficient (Wildman–Crippen LogP) is 2.28. The van der Waals surface area contributed by atoms with E-state index in [1.165, 1.54) is 12.0 Å². The van der Waals surface area contributed by atoms with Crippen molar-refractivity contribution in [3.8, 4) is 0 Å². The first-order valence-corrected chi connectivity index (χ1v) is 9.66. The Morgan fingerprint density at radius 2 is 1.93 bits per heavy atom. The van der Waals surface area contributed by atoms with Crippen LogP contribution in [0.15, 0.2) is 42.9 Å². The van der Waals surface area contributed by atoms with Gasteiger partial charge in [-0.15, -0.1) is 0 Å². The molecule has 1 amide bonds. The average Bonchev–Trinajstić information content (AvgIpc) is 3.00. The molecule has 0 unspecified atom stereocenters. The number of hydrogen-bond acceptors (Lipinski definition) is 5. The van der Waals surface area contributed by atoms with Crippen LogP contribution in [0.1, 0.15) is 28.8 Å². The summed E-state index contributed by atoms with van der Waals surface area (Å²) in [6, 6.07) is 8.28. The van der Waals surface area contributed by atoms with Gasteiger partial charge in [-0.3, -0.25) is 14.7 Å². The van der Waals surface area contributed by atoms with Crippen LogP contribution in [-0.2, 0) is 6.54 Å². The van der Waals surface area contributed by atoms with E-state index in [1.54, 1.807) is 12.4 Å². The van der Waals surface area contributed by atoms with Gasteiger partial charge in [0.05, 0.1) is 0 Å². The van der Waals surface area contributed by atoms with Crippen molar-refractivity contribution in [1.82, 2.24) is 19.8 Å². The van der Waals surface area contributed by atoms with Crippen molar-refractivity contribution in [2.75, 3.05) is 38.6 Å². The lowest BCUT2D eigenvalue weighted by Crippen LogP contribution is -2.43. The number of aromatic nitrogens is 2. The summed E-state index contributed by atoms with van der Waals surface area (Å²) in [5, 5.41) is 0. The molecule has 27 heavy (non-hydrogen) atoms. The molecular weight excluding hydrogens is 338 g/mol. The molecule has 3 fully saturated rings. The Morgan fingerprint density at radius 3 is 2.63 bits per heavy atom. The molecule has 0 radical (unpaired) electrons. The lowest BCUT2D eigenvalue weighted by molar-refractivity contribution is 0.0736. The van der Waals surface area contributed by atoms with Gasteiger partial charge in [-0.05, 0) is 42.5 Å². The topological polar surface area (TPSA) is 52.6 Å². The van der Waals surface area contributed by atoms with Gasteiger partial charge in [-0.2, -0.15) is 0 Å². The monoisotopic (exact) mass is 365 g/mol. The molecule has 3 saturated heterocycles. The quantitative estimate of drug-likeness (QED) is 0.832. The van der Waals surface area contributed by atoms with Crippen molar-refractivity contribution in [2.24, 2.45) is 5.92 Å². The summed E-state index contributed by atoms with van der Waals surface area (Å²) in [6.07, 6.45) is 7.73. The number of amides is 1. The van der Waals surface area contributed by atoms with Crippen LogP contribution in [0, 0.1) is 5.92 Å². The first-order valence-electron chi connectivity index (χ1n) is 9.66. The summed E-state index contributed by atoms with van der Waals surface area (Å²) in [5.41, 5.74) is 1.97. The molecule has 3 aliphatic heterocycles. The molecule has 2 atom stereocenters. The van der Waals surface area contributed by atoms with Crippen molar-refractivity contribution in [3.63, 3.8) is 0 Å². The van der Waals surface area contributed by atoms with Crippen LogP contribution in [0.5, 0.6) is 0 Å². The molecule has 0 aliphatic carbocycles. The number of pyridine rings is 2. The lowest BCUT2D eigenvalue weighted by atomic mass is 9.94. The standard InChI is InChI=1S/C21H27N5O/c1-24(2)20-6-4-16(11-23-20)12-25-13-17-3-5-19(25)15-26(14-17)21(27)18-7-9-22-10-8-18/h4,6-11,17,19H,3,5,12-15H2,1-2H3/t17-,19-/m1/s1. The van der Waals surface area contributed by atoms with Crippen molar-refractivity contribution in [3.05, 3.63) is 54.0 Å². The van der Waals surface area contributed by atoms with Crippen molar-refractivity contribution >= 4 is 11.7 Å². The fraction of sp³-hybridized carbons (Fsp3) is 0.476. The highest BCUT2D eigenvalue weighted by Gasteiger charge is 2.36. The van der Waals surface area contributed by atoms with Crippen molar-refractivity contribution in [1.29, 1.82) is 0 Å². The van der Waals surface area contributed by atoms with Gasteiger partial charge in [-0.1, -0.05) is 6.07 Å². The molecule has 2 aromatic rings. The number of fused-ring (bicyclic) bond motifs is 4. The Hall–Kier alpha value is -2.47. The summed E-state index contributed by atoms with van der Waals surface area (Å²) in [5.74, 6) is 1.65. The van der Waals surface area contributed by atoms with Crippen LogP contribution in [0.2, 0.25) is 0 Å². The van der Waals surface area contributed by atoms with E-state index in [1.807, 2.05) is 42.2 Å². The number of hydrogen-bond donors (Lipinski definition) is 0. The van der Waals surface area contributed by atoms with E-state index in [4.69, 9.17) is 0 Å². The highest BCUT2D eigenvalue weighted by atomic mass is 16.2. The summed E-state index contributed by atoms with van der Waals surface area (Å²) in [6.45, 7) is 3.62. The van der Waals surface area contributed by atoms with Gasteiger partial charge < -0.3 is 9.80 Å². The van der Waals surface area contributed by atoms with E-state index in [0.29, 0.717) is 12.0 Å². The van der Waals surface area contributed by atoms with Gasteiger partial charge in [0.1, 0.15) is 5.82 Å². The molecule has 6 nitrogen and oxygen atoms in total. The van der Waals surface area contributed by atoms with Crippen LogP contribution in [-0.4, -0.2) is 65.4 Å². The van der Waals surface area contributed by atoms with Gasteiger partial charge in [0.15, 0.2) is 0 Å². The fourth-order valence-corrected chi connectivity index (χ4v) is 4.22. The highest BCUT2D eigenvalue weighted by molar-refractivity contribution is 5.94. The van der Waals surface area contributed by atoms with E-state index < -0.39 is 0 Å². The Morgan fingerprint density at radius 1 is 1.11 bits per heavy atom. The van der Waals surface area contributed by atoms with E-state index >= 15 is 0 Å². The van der Waals surface area contributed by atoms with Crippen molar-refractivity contribution < 1.29 is 4.79 Å². The predicted molar refractivity (Wildman–Crippen MR) is 106 cm³/mol. The number of carbonyl (C=O) groups excluding carboxylic acids is 1. The van der Waals surface area contributed by atoms with Gasteiger partial charge in [0.2, 0.25) is 0 Å². The third kappa shape index (κ3) is 3.95. The molecule has 142 valence electrons. The minimum Gasteiger partial charge on any atom is -0.363 e. The molecule has 5 rings (SSSR count). The summed E-state index contributed by atoms with van der Waals surface area (Å²) >= 11 is 0. The summed E-state index contributed by atoms with van der Waals surface area (Å²) in [4.78, 5) is 28.1. The first kappa shape index (κ1) is 17.9. The van der Waals surface area contributed by atoms with Crippen molar-refractivity contribution in [2.45, 2.75) is 25.4 Å². The zero-order valence-corrected chi connectivity index (χ0v) is 16.1. The second-order valence-electron chi connectivity index (χ2n) is 7.89. The molecule has 3 aliphatic rings. The number of anilines is 1. The molecule has 0 N–H and O–H groups in total. The minimum atomic E-state index is 0.133. The van der Waals surface area contributed by atoms with E-state index in [-0.39, 0.29) is 5.91 Å². The zero-order chi connectivity index (χ0) is 18.8. The number of nitrogens with zero attached hydrogens (tertiary/aromatic N) is 5. The van der Waals surface area contributed by atoms with Crippen LogP contribution in [0.4, 0.5) is 5.82 Å². The zero-order valence-electron chi connectivity index (χ0n) is 16.1. The second-order valence-corrected chi connectivity index (χ2v) is 7.89. The summed E-state index contributed by atoms with van der Waals surface area (Å²) in [7, 11) is 4.01. The minimum absolute atomic E-state index is 0.133. The average molecular weight is 365 g/mol. The Kier molecular flexibility index (Phi) is 5.07. The molecule has 0 saturated carbocycles. The molecular formula is C21H27N5O. The second kappa shape index (κ2) is 7.64. The molecule has 2 bridgehead atoms. The normalized spacial score (nSPS) is 22.5. The fourth-order valence-electron chi connectivity index (χ4n) is 4.22.